The maximum absolute atomic E-state index is 12.6. The van der Waals surface area contributed by atoms with Crippen LogP contribution >= 0.6 is 0 Å². The number of amides is 1. The van der Waals surface area contributed by atoms with E-state index in [1.807, 2.05) is 18.7 Å². The van der Waals surface area contributed by atoms with Crippen LogP contribution in [0.1, 0.15) is 34.1 Å². The maximum Gasteiger partial charge on any atom is 0.406 e. The number of carbonyl (C=O) groups is 1. The molecule has 1 heterocycles. The Balaban J connectivity index is 2.62. The standard InChI is InChI=1S/C15H27F3N2O/c1-11(2)6-20(10-15(16,17)18)14(21)9-19-7-12(3)5-13(4)8-19/h11-13H,5-10H2,1-4H3. The second-order valence-corrected chi connectivity index (χ2v) is 6.92. The van der Waals surface area contributed by atoms with Gasteiger partial charge in [0.15, 0.2) is 0 Å². The second kappa shape index (κ2) is 7.47. The van der Waals surface area contributed by atoms with E-state index >= 15 is 0 Å². The number of nitrogens with zero attached hydrogens (tertiary/aromatic N) is 2. The van der Waals surface area contributed by atoms with Gasteiger partial charge in [-0.15, -0.1) is 0 Å². The summed E-state index contributed by atoms with van der Waals surface area (Å²) >= 11 is 0. The molecule has 0 aliphatic carbocycles. The zero-order chi connectivity index (χ0) is 16.2. The smallest absolute Gasteiger partial charge is 0.332 e. The van der Waals surface area contributed by atoms with Crippen LogP contribution in [0.5, 0.6) is 0 Å². The first kappa shape index (κ1) is 18.3. The molecule has 1 saturated heterocycles. The van der Waals surface area contributed by atoms with E-state index in [0.717, 1.165) is 24.4 Å². The minimum Gasteiger partial charge on any atom is -0.332 e. The van der Waals surface area contributed by atoms with Crippen LogP contribution in [0.2, 0.25) is 0 Å². The fourth-order valence-corrected chi connectivity index (χ4v) is 3.12. The highest BCUT2D eigenvalue weighted by Gasteiger charge is 2.34. The van der Waals surface area contributed by atoms with E-state index < -0.39 is 18.6 Å². The Morgan fingerprint density at radius 2 is 1.76 bits per heavy atom. The van der Waals surface area contributed by atoms with E-state index in [0.29, 0.717) is 11.8 Å². The van der Waals surface area contributed by atoms with E-state index in [1.165, 1.54) is 0 Å². The molecule has 1 aliphatic rings. The SMILES string of the molecule is CC(C)CN(CC(F)(F)F)C(=O)CN1CC(C)CC(C)C1. The van der Waals surface area contributed by atoms with Gasteiger partial charge in [-0.25, -0.2) is 0 Å². The van der Waals surface area contributed by atoms with E-state index in [4.69, 9.17) is 0 Å². The van der Waals surface area contributed by atoms with Crippen molar-refractivity contribution >= 4 is 5.91 Å². The molecule has 0 saturated carbocycles. The normalized spacial score (nSPS) is 24.4. The molecule has 2 unspecified atom stereocenters. The summed E-state index contributed by atoms with van der Waals surface area (Å²) in [6.07, 6.45) is -3.23. The number of likely N-dealkylation sites (tertiary alicyclic amines) is 1. The number of rotatable bonds is 5. The van der Waals surface area contributed by atoms with Gasteiger partial charge < -0.3 is 4.90 Å². The van der Waals surface area contributed by atoms with Crippen molar-refractivity contribution in [2.45, 2.75) is 40.3 Å². The van der Waals surface area contributed by atoms with Crippen LogP contribution in [-0.4, -0.2) is 54.6 Å². The van der Waals surface area contributed by atoms with Crippen molar-refractivity contribution < 1.29 is 18.0 Å². The molecule has 6 heteroatoms. The van der Waals surface area contributed by atoms with Gasteiger partial charge in [-0.3, -0.25) is 9.69 Å². The molecule has 0 aromatic rings. The monoisotopic (exact) mass is 308 g/mol. The van der Waals surface area contributed by atoms with Gasteiger partial charge in [0.2, 0.25) is 5.91 Å². The molecule has 1 fully saturated rings. The molecule has 0 bridgehead atoms. The quantitative estimate of drug-likeness (QED) is 0.779. The largest absolute Gasteiger partial charge is 0.406 e. The van der Waals surface area contributed by atoms with Gasteiger partial charge in [0.1, 0.15) is 6.54 Å². The van der Waals surface area contributed by atoms with Gasteiger partial charge in [0.25, 0.3) is 0 Å². The molecule has 21 heavy (non-hydrogen) atoms. The fourth-order valence-electron chi connectivity index (χ4n) is 3.12. The van der Waals surface area contributed by atoms with Crippen molar-refractivity contribution in [1.29, 1.82) is 0 Å². The summed E-state index contributed by atoms with van der Waals surface area (Å²) < 4.78 is 37.8. The van der Waals surface area contributed by atoms with Crippen LogP contribution in [-0.2, 0) is 4.79 Å². The molecular formula is C15H27F3N2O. The van der Waals surface area contributed by atoms with Crippen LogP contribution in [0.15, 0.2) is 0 Å². The number of alkyl halides is 3. The highest BCUT2D eigenvalue weighted by atomic mass is 19.4. The Kier molecular flexibility index (Phi) is 6.50. The molecule has 1 rings (SSSR count). The van der Waals surface area contributed by atoms with E-state index in [-0.39, 0.29) is 19.0 Å². The molecule has 0 N–H and O–H groups in total. The zero-order valence-corrected chi connectivity index (χ0v) is 13.4. The van der Waals surface area contributed by atoms with Crippen LogP contribution in [0.25, 0.3) is 0 Å². The first-order chi connectivity index (χ1) is 9.56. The average molecular weight is 308 g/mol. The summed E-state index contributed by atoms with van der Waals surface area (Å²) in [5, 5.41) is 0. The Labute approximate surface area is 125 Å². The number of halogens is 3. The van der Waals surface area contributed by atoms with Crippen molar-refractivity contribution in [2.24, 2.45) is 17.8 Å². The highest BCUT2D eigenvalue weighted by molar-refractivity contribution is 5.78. The molecule has 3 nitrogen and oxygen atoms in total. The van der Waals surface area contributed by atoms with Crippen molar-refractivity contribution in [3.05, 3.63) is 0 Å². The van der Waals surface area contributed by atoms with Gasteiger partial charge in [0.05, 0.1) is 6.54 Å². The molecule has 124 valence electrons. The summed E-state index contributed by atoms with van der Waals surface area (Å²) in [6.45, 7) is 8.56. The zero-order valence-electron chi connectivity index (χ0n) is 13.4. The number of piperidine rings is 1. The number of hydrogen-bond donors (Lipinski definition) is 0. The second-order valence-electron chi connectivity index (χ2n) is 6.92. The molecular weight excluding hydrogens is 281 g/mol. The lowest BCUT2D eigenvalue weighted by Gasteiger charge is -2.36. The Morgan fingerprint density at radius 3 is 2.19 bits per heavy atom. The Hall–Kier alpha value is -0.780. The average Bonchev–Trinajstić information content (AvgIpc) is 2.23. The summed E-state index contributed by atoms with van der Waals surface area (Å²) in [6, 6.07) is 0. The third-order valence-corrected chi connectivity index (χ3v) is 3.61. The Bertz CT molecular complexity index is 334. The fraction of sp³-hybridized carbons (Fsp3) is 0.933. The number of carbonyl (C=O) groups excluding carboxylic acids is 1. The van der Waals surface area contributed by atoms with Crippen molar-refractivity contribution in [3.8, 4) is 0 Å². The summed E-state index contributed by atoms with van der Waals surface area (Å²) in [4.78, 5) is 15.2. The highest BCUT2D eigenvalue weighted by Crippen LogP contribution is 2.22. The lowest BCUT2D eigenvalue weighted by Crippen LogP contribution is -2.48. The van der Waals surface area contributed by atoms with Crippen molar-refractivity contribution in [2.75, 3.05) is 32.7 Å². The summed E-state index contributed by atoms with van der Waals surface area (Å²) in [5.41, 5.74) is 0. The van der Waals surface area contributed by atoms with Crippen molar-refractivity contribution in [1.82, 2.24) is 9.80 Å². The van der Waals surface area contributed by atoms with Gasteiger partial charge in [-0.05, 0) is 24.2 Å². The first-order valence-electron chi connectivity index (χ1n) is 7.63. The molecule has 0 spiro atoms. The third-order valence-electron chi connectivity index (χ3n) is 3.61. The van der Waals surface area contributed by atoms with Crippen molar-refractivity contribution in [3.63, 3.8) is 0 Å². The van der Waals surface area contributed by atoms with Gasteiger partial charge in [-0.1, -0.05) is 27.7 Å². The summed E-state index contributed by atoms with van der Waals surface area (Å²) in [5.74, 6) is 0.586. The predicted molar refractivity (Wildman–Crippen MR) is 76.9 cm³/mol. The molecule has 0 radical (unpaired) electrons. The molecule has 1 aliphatic heterocycles. The lowest BCUT2D eigenvalue weighted by molar-refractivity contribution is -0.163. The minimum atomic E-state index is -4.34. The van der Waals surface area contributed by atoms with E-state index in [2.05, 4.69) is 13.8 Å². The minimum absolute atomic E-state index is 0.0236. The van der Waals surface area contributed by atoms with Gasteiger partial charge in [0, 0.05) is 19.6 Å². The van der Waals surface area contributed by atoms with E-state index in [1.54, 1.807) is 0 Å². The topological polar surface area (TPSA) is 23.6 Å². The first-order valence-corrected chi connectivity index (χ1v) is 7.63. The molecule has 2 atom stereocenters. The molecule has 1 amide bonds. The third kappa shape index (κ3) is 7.16. The number of hydrogen-bond acceptors (Lipinski definition) is 2. The van der Waals surface area contributed by atoms with Crippen LogP contribution in [0.3, 0.4) is 0 Å². The van der Waals surface area contributed by atoms with Crippen LogP contribution in [0, 0.1) is 17.8 Å². The maximum atomic E-state index is 12.6. The Morgan fingerprint density at radius 1 is 1.24 bits per heavy atom. The van der Waals surface area contributed by atoms with Gasteiger partial charge in [-0.2, -0.15) is 13.2 Å². The predicted octanol–water partition coefficient (Wildman–Crippen LogP) is 3.01. The lowest BCUT2D eigenvalue weighted by atomic mass is 9.92. The summed E-state index contributed by atoms with van der Waals surface area (Å²) in [7, 11) is 0. The molecule has 0 aromatic carbocycles. The molecule has 0 aromatic heterocycles. The van der Waals surface area contributed by atoms with E-state index in [9.17, 15) is 18.0 Å². The van der Waals surface area contributed by atoms with Gasteiger partial charge >= 0.3 is 6.18 Å². The van der Waals surface area contributed by atoms with Crippen LogP contribution in [0.4, 0.5) is 13.2 Å². The van der Waals surface area contributed by atoms with Crippen LogP contribution < -0.4 is 0 Å².